The molecule has 0 unspecified atom stereocenters. The van der Waals surface area contributed by atoms with Crippen molar-refractivity contribution in [2.24, 2.45) is 0 Å². The summed E-state index contributed by atoms with van der Waals surface area (Å²) >= 11 is 0. The lowest BCUT2D eigenvalue weighted by Gasteiger charge is -2.07. The first-order chi connectivity index (χ1) is 6.38. The lowest BCUT2D eigenvalue weighted by Crippen LogP contribution is -1.99. The van der Waals surface area contributed by atoms with Crippen molar-refractivity contribution < 1.29 is 14.4 Å². The Bertz CT molecular complexity index is 375. The van der Waals surface area contributed by atoms with Crippen LogP contribution >= 0.6 is 7.60 Å². The van der Waals surface area contributed by atoms with E-state index in [4.69, 9.17) is 21.3 Å². The Hall–Kier alpha value is -1.03. The van der Waals surface area contributed by atoms with Crippen LogP contribution in [-0.2, 0) is 11.0 Å². The number of nitrogen functional groups attached to an aromatic ring is 2. The highest BCUT2D eigenvalue weighted by molar-refractivity contribution is 7.51. The predicted octanol–water partition coefficient (Wildman–Crippen LogP) is 0.571. The van der Waals surface area contributed by atoms with Gasteiger partial charge in [-0.25, -0.2) is 0 Å². The van der Waals surface area contributed by atoms with Gasteiger partial charge in [0.05, 0.1) is 6.16 Å². The molecule has 0 aliphatic rings. The van der Waals surface area contributed by atoms with Crippen LogP contribution in [0.25, 0.3) is 0 Å². The molecule has 0 amide bonds. The van der Waals surface area contributed by atoms with Gasteiger partial charge >= 0.3 is 7.60 Å². The molecule has 0 radical (unpaired) electrons. The molecular formula is C8H13N2O3P. The summed E-state index contributed by atoms with van der Waals surface area (Å²) in [7, 11) is -3.95. The fraction of sp³-hybridized carbons (Fsp3) is 0.250. The average molecular weight is 216 g/mol. The number of hydrogen-bond acceptors (Lipinski definition) is 3. The number of nitrogens with two attached hydrogens (primary N) is 2. The van der Waals surface area contributed by atoms with E-state index < -0.39 is 7.60 Å². The van der Waals surface area contributed by atoms with Gasteiger partial charge in [0.2, 0.25) is 0 Å². The van der Waals surface area contributed by atoms with Crippen LogP contribution < -0.4 is 11.5 Å². The van der Waals surface area contributed by atoms with Crippen molar-refractivity contribution in [3.05, 3.63) is 23.8 Å². The molecule has 0 saturated carbocycles. The van der Waals surface area contributed by atoms with Gasteiger partial charge in [-0.3, -0.25) is 4.57 Å². The Labute approximate surface area is 81.9 Å². The van der Waals surface area contributed by atoms with Gasteiger partial charge in [0, 0.05) is 11.4 Å². The molecule has 0 aliphatic heterocycles. The van der Waals surface area contributed by atoms with Crippen LogP contribution in [0, 0.1) is 0 Å². The van der Waals surface area contributed by atoms with Crippen LogP contribution in [0.2, 0.25) is 0 Å². The summed E-state index contributed by atoms with van der Waals surface area (Å²) in [6.07, 6.45) is 0.0670. The van der Waals surface area contributed by atoms with Gasteiger partial charge in [-0.15, -0.1) is 0 Å². The summed E-state index contributed by atoms with van der Waals surface area (Å²) in [5.41, 5.74) is 12.8. The second-order valence-corrected chi connectivity index (χ2v) is 4.87. The molecule has 0 aliphatic carbocycles. The Morgan fingerprint density at radius 1 is 1.29 bits per heavy atom. The van der Waals surface area contributed by atoms with Gasteiger partial charge in [0.25, 0.3) is 0 Å². The van der Waals surface area contributed by atoms with Gasteiger partial charge < -0.3 is 21.3 Å². The highest BCUT2D eigenvalue weighted by Gasteiger charge is 2.13. The van der Waals surface area contributed by atoms with Gasteiger partial charge in [-0.2, -0.15) is 0 Å². The molecule has 1 aromatic carbocycles. The minimum Gasteiger partial charge on any atom is -0.399 e. The van der Waals surface area contributed by atoms with E-state index in [2.05, 4.69) is 0 Å². The van der Waals surface area contributed by atoms with E-state index in [1.807, 2.05) is 0 Å². The largest absolute Gasteiger partial charge is 0.399 e. The molecule has 0 atom stereocenters. The molecule has 1 aromatic rings. The van der Waals surface area contributed by atoms with Gasteiger partial charge in [0.15, 0.2) is 0 Å². The zero-order chi connectivity index (χ0) is 10.8. The highest BCUT2D eigenvalue weighted by Crippen LogP contribution is 2.35. The summed E-state index contributed by atoms with van der Waals surface area (Å²) < 4.78 is 10.6. The molecule has 0 aromatic heterocycles. The monoisotopic (exact) mass is 216 g/mol. The standard InChI is InChI=1S/C8H13N2O3P/c9-7-2-1-6(8(10)5-7)3-4-14(11,12)13/h1-2,5H,3-4,9-10H2,(H2,11,12,13). The lowest BCUT2D eigenvalue weighted by atomic mass is 10.1. The molecule has 5 nitrogen and oxygen atoms in total. The quantitative estimate of drug-likeness (QED) is 0.436. The second-order valence-electron chi connectivity index (χ2n) is 3.10. The SMILES string of the molecule is Nc1ccc(CCP(=O)(O)O)c(N)c1. The van der Waals surface area contributed by atoms with E-state index in [0.29, 0.717) is 16.9 Å². The van der Waals surface area contributed by atoms with Crippen LogP contribution in [0.3, 0.4) is 0 Å². The number of anilines is 2. The first kappa shape index (κ1) is 11.0. The maximum absolute atomic E-state index is 10.6. The van der Waals surface area contributed by atoms with Crippen LogP contribution in [-0.4, -0.2) is 15.9 Å². The maximum Gasteiger partial charge on any atom is 0.325 e. The van der Waals surface area contributed by atoms with Crippen LogP contribution in [0.15, 0.2) is 18.2 Å². The zero-order valence-electron chi connectivity index (χ0n) is 7.55. The molecule has 78 valence electrons. The number of rotatable bonds is 3. The summed E-state index contributed by atoms with van der Waals surface area (Å²) in [6.45, 7) is 0. The molecule has 14 heavy (non-hydrogen) atoms. The van der Waals surface area contributed by atoms with E-state index in [-0.39, 0.29) is 12.6 Å². The van der Waals surface area contributed by atoms with E-state index >= 15 is 0 Å². The van der Waals surface area contributed by atoms with Crippen LogP contribution in [0.4, 0.5) is 11.4 Å². The van der Waals surface area contributed by atoms with Crippen molar-refractivity contribution in [1.29, 1.82) is 0 Å². The van der Waals surface area contributed by atoms with E-state index in [0.717, 1.165) is 0 Å². The highest BCUT2D eigenvalue weighted by atomic mass is 31.2. The Morgan fingerprint density at radius 3 is 2.43 bits per heavy atom. The van der Waals surface area contributed by atoms with Gasteiger partial charge in [0.1, 0.15) is 0 Å². The molecular weight excluding hydrogens is 203 g/mol. The van der Waals surface area contributed by atoms with Crippen molar-refractivity contribution in [3.8, 4) is 0 Å². The zero-order valence-corrected chi connectivity index (χ0v) is 8.45. The molecule has 0 heterocycles. The van der Waals surface area contributed by atoms with Crippen LogP contribution in [0.1, 0.15) is 5.56 Å². The smallest absolute Gasteiger partial charge is 0.325 e. The number of hydrogen-bond donors (Lipinski definition) is 4. The molecule has 0 spiro atoms. The number of aryl methyl sites for hydroxylation is 1. The first-order valence-electron chi connectivity index (χ1n) is 4.07. The Balaban J connectivity index is 2.73. The summed E-state index contributed by atoms with van der Waals surface area (Å²) in [5, 5.41) is 0. The summed E-state index contributed by atoms with van der Waals surface area (Å²) in [4.78, 5) is 17.3. The van der Waals surface area contributed by atoms with Crippen molar-refractivity contribution in [1.82, 2.24) is 0 Å². The van der Waals surface area contributed by atoms with Crippen molar-refractivity contribution in [3.63, 3.8) is 0 Å². The van der Waals surface area contributed by atoms with E-state index in [1.165, 1.54) is 0 Å². The normalized spacial score (nSPS) is 11.6. The molecule has 0 saturated heterocycles. The average Bonchev–Trinajstić information content (AvgIpc) is 2.00. The molecule has 1 rings (SSSR count). The second kappa shape index (κ2) is 4.00. The fourth-order valence-corrected chi connectivity index (χ4v) is 1.64. The summed E-state index contributed by atoms with van der Waals surface area (Å²) in [6, 6.07) is 4.92. The van der Waals surface area contributed by atoms with Gasteiger partial charge in [-0.1, -0.05) is 6.07 Å². The summed E-state index contributed by atoms with van der Waals surface area (Å²) in [5.74, 6) is 0. The third-order valence-corrected chi connectivity index (χ3v) is 2.65. The minimum absolute atomic E-state index is 0.193. The van der Waals surface area contributed by atoms with Crippen LogP contribution in [0.5, 0.6) is 0 Å². The van der Waals surface area contributed by atoms with E-state index in [9.17, 15) is 4.57 Å². The molecule has 6 N–H and O–H groups in total. The van der Waals surface area contributed by atoms with Crippen molar-refractivity contribution in [2.75, 3.05) is 17.6 Å². The lowest BCUT2D eigenvalue weighted by molar-refractivity contribution is 0.373. The minimum atomic E-state index is -3.95. The van der Waals surface area contributed by atoms with Crippen molar-refractivity contribution >= 4 is 19.0 Å². The number of benzene rings is 1. The fourth-order valence-electron chi connectivity index (χ4n) is 1.11. The maximum atomic E-state index is 10.6. The first-order valence-corrected chi connectivity index (χ1v) is 5.87. The topological polar surface area (TPSA) is 110 Å². The third-order valence-electron chi connectivity index (χ3n) is 1.84. The van der Waals surface area contributed by atoms with Crippen molar-refractivity contribution in [2.45, 2.75) is 6.42 Å². The molecule has 6 heteroatoms. The van der Waals surface area contributed by atoms with Gasteiger partial charge in [-0.05, 0) is 24.1 Å². The molecule has 0 fully saturated rings. The van der Waals surface area contributed by atoms with E-state index in [1.54, 1.807) is 18.2 Å². The molecule has 0 bridgehead atoms. The Kier molecular flexibility index (Phi) is 3.16. The Morgan fingerprint density at radius 2 is 1.93 bits per heavy atom. The third kappa shape index (κ3) is 3.38. The predicted molar refractivity (Wildman–Crippen MR) is 55.9 cm³/mol.